The molecular formula is C22H26FNO3. The Kier molecular flexibility index (Phi) is 4.18. The van der Waals surface area contributed by atoms with Crippen LogP contribution in [0.2, 0.25) is 0 Å². The molecule has 0 saturated carbocycles. The Hall–Kier alpha value is -2.14. The number of carbonyl (C=O) groups is 1. The number of rotatable bonds is 1. The largest absolute Gasteiger partial charge is 0.444 e. The van der Waals surface area contributed by atoms with Crippen molar-refractivity contribution in [3.63, 3.8) is 0 Å². The van der Waals surface area contributed by atoms with Crippen LogP contribution in [0.25, 0.3) is 10.8 Å². The molecule has 0 spiro atoms. The summed E-state index contributed by atoms with van der Waals surface area (Å²) in [4.78, 5) is 14.5. The molecule has 144 valence electrons. The Bertz CT molecular complexity index is 875. The molecule has 2 saturated heterocycles. The maximum absolute atomic E-state index is 14.2. The highest BCUT2D eigenvalue weighted by atomic mass is 19.1. The van der Waals surface area contributed by atoms with Crippen LogP contribution in [0.5, 0.6) is 0 Å². The topological polar surface area (TPSA) is 49.8 Å². The number of hydrogen-bond acceptors (Lipinski definition) is 3. The molecule has 0 aromatic heterocycles. The lowest BCUT2D eigenvalue weighted by Crippen LogP contribution is -2.53. The van der Waals surface area contributed by atoms with Crippen LogP contribution < -0.4 is 0 Å². The number of carbonyl (C=O) groups excluding carboxylic acids is 1. The average molecular weight is 371 g/mol. The number of piperidine rings is 1. The third kappa shape index (κ3) is 3.18. The summed E-state index contributed by atoms with van der Waals surface area (Å²) in [5, 5.41) is 12.8. The van der Waals surface area contributed by atoms with Crippen molar-refractivity contribution in [2.24, 2.45) is 0 Å². The molecule has 2 heterocycles. The lowest BCUT2D eigenvalue weighted by atomic mass is 9.78. The highest BCUT2D eigenvalue weighted by Crippen LogP contribution is 2.47. The lowest BCUT2D eigenvalue weighted by Gasteiger charge is -2.44. The Labute approximate surface area is 158 Å². The summed E-state index contributed by atoms with van der Waals surface area (Å²) >= 11 is 0. The van der Waals surface area contributed by atoms with Crippen LogP contribution in [0.15, 0.2) is 36.4 Å². The Morgan fingerprint density at radius 3 is 2.30 bits per heavy atom. The molecule has 5 heteroatoms. The van der Waals surface area contributed by atoms with E-state index in [1.807, 2.05) is 37.8 Å². The van der Waals surface area contributed by atoms with Gasteiger partial charge in [-0.05, 0) is 50.6 Å². The molecule has 2 aliphatic heterocycles. The van der Waals surface area contributed by atoms with Gasteiger partial charge in [0.15, 0.2) is 0 Å². The molecule has 2 atom stereocenters. The van der Waals surface area contributed by atoms with E-state index in [0.29, 0.717) is 18.2 Å². The summed E-state index contributed by atoms with van der Waals surface area (Å²) in [6.07, 6.45) is 2.29. The normalized spacial score (nSPS) is 27.8. The predicted octanol–water partition coefficient (Wildman–Crippen LogP) is 4.73. The first-order valence-electron chi connectivity index (χ1n) is 9.59. The zero-order valence-electron chi connectivity index (χ0n) is 16.0. The van der Waals surface area contributed by atoms with E-state index in [0.717, 1.165) is 23.8 Å². The summed E-state index contributed by atoms with van der Waals surface area (Å²) < 4.78 is 19.8. The van der Waals surface area contributed by atoms with Crippen LogP contribution >= 0.6 is 0 Å². The van der Waals surface area contributed by atoms with Gasteiger partial charge in [0, 0.05) is 30.3 Å². The second kappa shape index (κ2) is 6.20. The van der Waals surface area contributed by atoms with Crippen molar-refractivity contribution in [3.05, 3.63) is 47.8 Å². The highest BCUT2D eigenvalue weighted by molar-refractivity contribution is 5.87. The van der Waals surface area contributed by atoms with Crippen LogP contribution in [0, 0.1) is 5.82 Å². The second-order valence-corrected chi connectivity index (χ2v) is 8.85. The number of amides is 1. The molecule has 2 aromatic rings. The zero-order valence-corrected chi connectivity index (χ0v) is 16.0. The first-order valence-corrected chi connectivity index (χ1v) is 9.59. The van der Waals surface area contributed by atoms with Gasteiger partial charge in [-0.1, -0.05) is 30.3 Å². The van der Waals surface area contributed by atoms with Crippen molar-refractivity contribution in [2.75, 3.05) is 0 Å². The van der Waals surface area contributed by atoms with E-state index in [-0.39, 0.29) is 24.0 Å². The van der Waals surface area contributed by atoms with Gasteiger partial charge in [0.2, 0.25) is 0 Å². The fourth-order valence-electron chi connectivity index (χ4n) is 4.73. The summed E-state index contributed by atoms with van der Waals surface area (Å²) in [5.41, 5.74) is -0.866. The molecule has 0 radical (unpaired) electrons. The van der Waals surface area contributed by atoms with E-state index in [1.165, 1.54) is 6.07 Å². The number of nitrogens with zero attached hydrogens (tertiary/aromatic N) is 1. The summed E-state index contributed by atoms with van der Waals surface area (Å²) in [6.45, 7) is 5.58. The predicted molar refractivity (Wildman–Crippen MR) is 102 cm³/mol. The quantitative estimate of drug-likeness (QED) is 0.788. The van der Waals surface area contributed by atoms with E-state index in [2.05, 4.69) is 0 Å². The molecule has 27 heavy (non-hydrogen) atoms. The first kappa shape index (κ1) is 18.2. The van der Waals surface area contributed by atoms with Gasteiger partial charge < -0.3 is 14.7 Å². The summed E-state index contributed by atoms with van der Waals surface area (Å²) in [5.74, 6) is -0.285. The second-order valence-electron chi connectivity index (χ2n) is 8.85. The number of ether oxygens (including phenoxy) is 1. The van der Waals surface area contributed by atoms with E-state index in [9.17, 15) is 14.3 Å². The van der Waals surface area contributed by atoms with Gasteiger partial charge in [0.1, 0.15) is 11.4 Å². The molecule has 1 amide bonds. The summed E-state index contributed by atoms with van der Waals surface area (Å²) in [7, 11) is 0. The smallest absolute Gasteiger partial charge is 0.410 e. The molecule has 2 aliphatic rings. The Morgan fingerprint density at radius 2 is 1.70 bits per heavy atom. The molecule has 4 nitrogen and oxygen atoms in total. The number of halogens is 1. The van der Waals surface area contributed by atoms with E-state index < -0.39 is 11.2 Å². The molecule has 2 bridgehead atoms. The van der Waals surface area contributed by atoms with Crippen LogP contribution in [-0.2, 0) is 10.3 Å². The van der Waals surface area contributed by atoms with Gasteiger partial charge in [-0.2, -0.15) is 0 Å². The lowest BCUT2D eigenvalue weighted by molar-refractivity contribution is -0.0616. The molecule has 4 rings (SSSR count). The zero-order chi connectivity index (χ0) is 19.4. The van der Waals surface area contributed by atoms with Crippen LogP contribution in [0.3, 0.4) is 0 Å². The third-order valence-corrected chi connectivity index (χ3v) is 5.74. The number of fused-ring (bicyclic) bond motifs is 3. The molecule has 2 aromatic carbocycles. The molecule has 1 N–H and O–H groups in total. The number of benzene rings is 2. The van der Waals surface area contributed by atoms with Crippen molar-refractivity contribution in [3.8, 4) is 0 Å². The minimum atomic E-state index is -1.07. The van der Waals surface area contributed by atoms with Gasteiger partial charge in [-0.3, -0.25) is 0 Å². The minimum absolute atomic E-state index is 0.0626. The fourth-order valence-corrected chi connectivity index (χ4v) is 4.73. The monoisotopic (exact) mass is 371 g/mol. The van der Waals surface area contributed by atoms with Gasteiger partial charge in [-0.25, -0.2) is 9.18 Å². The van der Waals surface area contributed by atoms with Crippen LogP contribution in [0.4, 0.5) is 9.18 Å². The van der Waals surface area contributed by atoms with Gasteiger partial charge in [0.25, 0.3) is 0 Å². The van der Waals surface area contributed by atoms with Crippen molar-refractivity contribution < 1.29 is 19.0 Å². The average Bonchev–Trinajstić information content (AvgIpc) is 2.86. The highest BCUT2D eigenvalue weighted by Gasteiger charge is 2.51. The molecule has 2 fully saturated rings. The third-order valence-electron chi connectivity index (χ3n) is 5.74. The number of aliphatic hydroxyl groups is 1. The van der Waals surface area contributed by atoms with Gasteiger partial charge in [0.05, 0.1) is 5.60 Å². The Balaban J connectivity index is 1.67. The maximum atomic E-state index is 14.2. The molecule has 0 aliphatic carbocycles. The Morgan fingerprint density at radius 1 is 1.11 bits per heavy atom. The first-order chi connectivity index (χ1) is 12.7. The van der Waals surface area contributed by atoms with Crippen molar-refractivity contribution in [1.29, 1.82) is 0 Å². The van der Waals surface area contributed by atoms with Crippen LogP contribution in [0.1, 0.15) is 52.0 Å². The summed E-state index contributed by atoms with van der Waals surface area (Å²) in [6, 6.07) is 10.3. The van der Waals surface area contributed by atoms with E-state index in [1.54, 1.807) is 18.2 Å². The SMILES string of the molecule is CC(C)(C)OC(=O)N1C2CCC1CC(O)(c1ccc(F)c3ccccc13)C2. The van der Waals surface area contributed by atoms with Crippen molar-refractivity contribution in [1.82, 2.24) is 4.90 Å². The van der Waals surface area contributed by atoms with E-state index in [4.69, 9.17) is 4.74 Å². The van der Waals surface area contributed by atoms with Gasteiger partial charge in [-0.15, -0.1) is 0 Å². The van der Waals surface area contributed by atoms with Crippen LogP contribution in [-0.4, -0.2) is 33.8 Å². The fraction of sp³-hybridized carbons (Fsp3) is 0.500. The minimum Gasteiger partial charge on any atom is -0.444 e. The van der Waals surface area contributed by atoms with E-state index >= 15 is 0 Å². The van der Waals surface area contributed by atoms with Gasteiger partial charge >= 0.3 is 6.09 Å². The maximum Gasteiger partial charge on any atom is 0.410 e. The molecular weight excluding hydrogens is 345 g/mol. The van der Waals surface area contributed by atoms with Crippen molar-refractivity contribution >= 4 is 16.9 Å². The molecule has 2 unspecified atom stereocenters. The van der Waals surface area contributed by atoms with Crippen molar-refractivity contribution in [2.45, 2.75) is 69.7 Å². The standard InChI is InChI=1S/C22H26FNO3/c1-21(2,3)27-20(25)24-14-8-9-15(24)13-22(26,12-14)18-10-11-19(23)17-7-5-4-6-16(17)18/h4-7,10-11,14-15,26H,8-9,12-13H2,1-3H3. The number of hydrogen-bond donors (Lipinski definition) is 1.